The molecule has 1 aliphatic rings. The lowest BCUT2D eigenvalue weighted by molar-refractivity contribution is -0.125. The lowest BCUT2D eigenvalue weighted by atomic mass is 9.87. The van der Waals surface area contributed by atoms with Crippen molar-refractivity contribution < 1.29 is 4.79 Å². The van der Waals surface area contributed by atoms with Crippen LogP contribution in [-0.2, 0) is 17.6 Å². The maximum atomic E-state index is 12.0. The van der Waals surface area contributed by atoms with Gasteiger partial charge >= 0.3 is 0 Å². The van der Waals surface area contributed by atoms with Crippen LogP contribution < -0.4 is 10.6 Å². The van der Waals surface area contributed by atoms with E-state index in [0.717, 1.165) is 44.5 Å². The lowest BCUT2D eigenvalue weighted by Gasteiger charge is -2.20. The van der Waals surface area contributed by atoms with Crippen LogP contribution in [0.15, 0.2) is 6.20 Å². The molecule has 0 spiro atoms. The molecule has 1 amide bonds. The Morgan fingerprint density at radius 3 is 3.22 bits per heavy atom. The lowest BCUT2D eigenvalue weighted by Crippen LogP contribution is -2.38. The molecule has 1 heterocycles. The molecule has 1 aliphatic carbocycles. The predicted octanol–water partition coefficient (Wildman–Crippen LogP) is 0.630. The number of hydrogen-bond donors (Lipinski definition) is 3. The summed E-state index contributed by atoms with van der Waals surface area (Å²) >= 11 is 0. The topological polar surface area (TPSA) is 69.8 Å². The Morgan fingerprint density at radius 2 is 2.39 bits per heavy atom. The maximum absolute atomic E-state index is 12.0. The molecule has 1 unspecified atom stereocenters. The summed E-state index contributed by atoms with van der Waals surface area (Å²) in [4.78, 5) is 12.0. The van der Waals surface area contributed by atoms with Gasteiger partial charge in [0.25, 0.3) is 0 Å². The number of fused-ring (bicyclic) bond motifs is 1. The van der Waals surface area contributed by atoms with Crippen molar-refractivity contribution in [1.82, 2.24) is 20.8 Å². The molecule has 0 aliphatic heterocycles. The molecule has 0 fully saturated rings. The Balaban J connectivity index is 1.71. The zero-order valence-electron chi connectivity index (χ0n) is 11.0. The highest BCUT2D eigenvalue weighted by Crippen LogP contribution is 2.23. The smallest absolute Gasteiger partial charge is 0.223 e. The van der Waals surface area contributed by atoms with Crippen LogP contribution in [0.3, 0.4) is 0 Å². The van der Waals surface area contributed by atoms with Crippen LogP contribution in [0.5, 0.6) is 0 Å². The number of aromatic nitrogens is 2. The molecule has 3 N–H and O–H groups in total. The summed E-state index contributed by atoms with van der Waals surface area (Å²) in [5.74, 6) is 0.276. The summed E-state index contributed by atoms with van der Waals surface area (Å²) in [5.41, 5.74) is 2.40. The zero-order chi connectivity index (χ0) is 12.8. The standard InChI is InChI=1S/C13H22N4O/c1-2-5-14-6-7-15-13(18)10-3-4-11-9-16-17-12(11)8-10/h9-10,14H,2-8H2,1H3,(H,15,18)(H,16,17). The van der Waals surface area contributed by atoms with Gasteiger partial charge in [-0.1, -0.05) is 6.92 Å². The average molecular weight is 250 g/mol. The minimum Gasteiger partial charge on any atom is -0.355 e. The third-order valence-corrected chi connectivity index (χ3v) is 3.42. The van der Waals surface area contributed by atoms with Gasteiger partial charge in [-0.2, -0.15) is 5.10 Å². The molecular weight excluding hydrogens is 228 g/mol. The van der Waals surface area contributed by atoms with Gasteiger partial charge in [0.05, 0.1) is 6.20 Å². The van der Waals surface area contributed by atoms with Gasteiger partial charge in [-0.25, -0.2) is 0 Å². The van der Waals surface area contributed by atoms with Crippen molar-refractivity contribution in [3.63, 3.8) is 0 Å². The number of amides is 1. The number of rotatable bonds is 6. The summed E-state index contributed by atoms with van der Waals surface area (Å²) in [5, 5.41) is 13.3. The minimum atomic E-state index is 0.101. The highest BCUT2D eigenvalue weighted by atomic mass is 16.1. The summed E-state index contributed by atoms with van der Waals surface area (Å²) in [6.07, 6.45) is 5.68. The summed E-state index contributed by atoms with van der Waals surface area (Å²) < 4.78 is 0. The molecule has 5 nitrogen and oxygen atoms in total. The second kappa shape index (κ2) is 6.54. The molecule has 0 saturated carbocycles. The maximum Gasteiger partial charge on any atom is 0.223 e. The van der Waals surface area contributed by atoms with Crippen LogP contribution in [-0.4, -0.2) is 35.7 Å². The van der Waals surface area contributed by atoms with Crippen LogP contribution >= 0.6 is 0 Å². The zero-order valence-corrected chi connectivity index (χ0v) is 11.0. The van der Waals surface area contributed by atoms with Gasteiger partial charge < -0.3 is 10.6 Å². The van der Waals surface area contributed by atoms with Crippen LogP contribution in [0, 0.1) is 5.92 Å². The molecule has 0 bridgehead atoms. The second-order valence-corrected chi connectivity index (χ2v) is 4.85. The van der Waals surface area contributed by atoms with E-state index in [2.05, 4.69) is 27.8 Å². The van der Waals surface area contributed by atoms with Crippen LogP contribution in [0.25, 0.3) is 0 Å². The number of aromatic amines is 1. The quantitative estimate of drug-likeness (QED) is 0.649. The Kier molecular flexibility index (Phi) is 4.75. The van der Waals surface area contributed by atoms with Crippen molar-refractivity contribution in [3.05, 3.63) is 17.5 Å². The fourth-order valence-electron chi connectivity index (χ4n) is 2.35. The predicted molar refractivity (Wildman–Crippen MR) is 70.3 cm³/mol. The molecule has 0 saturated heterocycles. The molecule has 1 aromatic rings. The summed E-state index contributed by atoms with van der Waals surface area (Å²) in [6, 6.07) is 0. The fraction of sp³-hybridized carbons (Fsp3) is 0.692. The number of H-pyrrole nitrogens is 1. The summed E-state index contributed by atoms with van der Waals surface area (Å²) in [6.45, 7) is 4.71. The van der Waals surface area contributed by atoms with Crippen molar-refractivity contribution in [1.29, 1.82) is 0 Å². The second-order valence-electron chi connectivity index (χ2n) is 4.85. The first-order valence-corrected chi connectivity index (χ1v) is 6.80. The van der Waals surface area contributed by atoms with Crippen LogP contribution in [0.4, 0.5) is 0 Å². The highest BCUT2D eigenvalue weighted by Gasteiger charge is 2.25. The number of carbonyl (C=O) groups excluding carboxylic acids is 1. The van der Waals surface area contributed by atoms with E-state index in [0.29, 0.717) is 6.54 Å². The van der Waals surface area contributed by atoms with E-state index < -0.39 is 0 Å². The molecular formula is C13H22N4O. The Morgan fingerprint density at radius 1 is 1.50 bits per heavy atom. The van der Waals surface area contributed by atoms with Gasteiger partial charge in [0.2, 0.25) is 5.91 Å². The third-order valence-electron chi connectivity index (χ3n) is 3.42. The van der Waals surface area contributed by atoms with Gasteiger partial charge in [-0.3, -0.25) is 9.89 Å². The van der Waals surface area contributed by atoms with Gasteiger partial charge in [-0.05, 0) is 31.4 Å². The number of aryl methyl sites for hydroxylation is 1. The number of carbonyl (C=O) groups is 1. The molecule has 0 radical (unpaired) electrons. The van der Waals surface area contributed by atoms with E-state index in [1.807, 2.05) is 6.20 Å². The molecule has 1 aromatic heterocycles. The number of hydrogen-bond acceptors (Lipinski definition) is 3. The van der Waals surface area contributed by atoms with Crippen LogP contribution in [0.1, 0.15) is 31.0 Å². The number of nitrogens with one attached hydrogen (secondary N) is 3. The van der Waals surface area contributed by atoms with Crippen molar-refractivity contribution in [3.8, 4) is 0 Å². The van der Waals surface area contributed by atoms with E-state index in [1.165, 1.54) is 5.56 Å². The molecule has 18 heavy (non-hydrogen) atoms. The summed E-state index contributed by atoms with van der Waals surface area (Å²) in [7, 11) is 0. The first-order chi connectivity index (χ1) is 8.81. The highest BCUT2D eigenvalue weighted by molar-refractivity contribution is 5.79. The molecule has 1 atom stereocenters. The first kappa shape index (κ1) is 13.1. The molecule has 5 heteroatoms. The largest absolute Gasteiger partial charge is 0.355 e. The Bertz CT molecular complexity index is 388. The van der Waals surface area contributed by atoms with Gasteiger partial charge in [0.15, 0.2) is 0 Å². The monoisotopic (exact) mass is 250 g/mol. The average Bonchev–Trinajstić information content (AvgIpc) is 2.85. The van der Waals surface area contributed by atoms with Crippen molar-refractivity contribution in [2.24, 2.45) is 5.92 Å². The van der Waals surface area contributed by atoms with Gasteiger partial charge in [-0.15, -0.1) is 0 Å². The van der Waals surface area contributed by atoms with E-state index in [9.17, 15) is 4.79 Å². The van der Waals surface area contributed by atoms with Gasteiger partial charge in [0.1, 0.15) is 0 Å². The molecule has 2 rings (SSSR count). The van der Waals surface area contributed by atoms with E-state index in [4.69, 9.17) is 0 Å². The first-order valence-electron chi connectivity index (χ1n) is 6.80. The Hall–Kier alpha value is -1.36. The Labute approximate surface area is 108 Å². The van der Waals surface area contributed by atoms with E-state index >= 15 is 0 Å². The SMILES string of the molecule is CCCNCCNC(=O)C1CCc2cn[nH]c2C1. The molecule has 0 aromatic carbocycles. The number of nitrogens with zero attached hydrogens (tertiary/aromatic N) is 1. The fourth-order valence-corrected chi connectivity index (χ4v) is 2.35. The van der Waals surface area contributed by atoms with Crippen molar-refractivity contribution in [2.45, 2.75) is 32.6 Å². The van der Waals surface area contributed by atoms with Crippen LogP contribution in [0.2, 0.25) is 0 Å². The van der Waals surface area contributed by atoms with Crippen molar-refractivity contribution in [2.75, 3.05) is 19.6 Å². The van der Waals surface area contributed by atoms with Gasteiger partial charge in [0, 0.05) is 31.1 Å². The third kappa shape index (κ3) is 3.32. The van der Waals surface area contributed by atoms with E-state index in [1.54, 1.807) is 0 Å². The molecule has 100 valence electrons. The van der Waals surface area contributed by atoms with Crippen molar-refractivity contribution >= 4 is 5.91 Å². The van der Waals surface area contributed by atoms with E-state index in [-0.39, 0.29) is 11.8 Å². The normalized spacial score (nSPS) is 18.4. The minimum absolute atomic E-state index is 0.101.